The van der Waals surface area contributed by atoms with E-state index in [0.717, 1.165) is 5.56 Å². The van der Waals surface area contributed by atoms with E-state index in [1.165, 1.54) is 0 Å². The smallest absolute Gasteiger partial charge is 0.211 e. The third-order valence-corrected chi connectivity index (χ3v) is 3.01. The van der Waals surface area contributed by atoms with Crippen LogP contribution in [0.1, 0.15) is 41.5 Å². The van der Waals surface area contributed by atoms with Crippen LogP contribution in [0.3, 0.4) is 0 Å². The molecule has 0 aliphatic rings. The van der Waals surface area contributed by atoms with Gasteiger partial charge in [0.2, 0.25) is 5.78 Å². The molecule has 0 fully saturated rings. The topological polar surface area (TPSA) is 60.9 Å². The average Bonchev–Trinajstić information content (AvgIpc) is 2.81. The van der Waals surface area contributed by atoms with Crippen molar-refractivity contribution in [3.63, 3.8) is 0 Å². The van der Waals surface area contributed by atoms with Crippen LogP contribution in [0.5, 0.6) is 0 Å². The van der Waals surface area contributed by atoms with Crippen LogP contribution in [0, 0.1) is 6.92 Å². The van der Waals surface area contributed by atoms with Crippen LogP contribution in [0.4, 0.5) is 5.69 Å². The minimum atomic E-state index is -0.0361. The third-order valence-electron chi connectivity index (χ3n) is 3.01. The number of nitrogen functional groups attached to an aromatic ring is 1. The largest absolute Gasteiger partial charge is 0.398 e. The molecule has 94 valence electrons. The molecule has 0 unspecified atom stereocenters. The quantitative estimate of drug-likeness (QED) is 0.665. The molecule has 18 heavy (non-hydrogen) atoms. The lowest BCUT2D eigenvalue weighted by atomic mass is 10.0. The maximum absolute atomic E-state index is 12.5. The number of hydrogen-bond acceptors (Lipinski definition) is 3. The molecular formula is C14H17N3O. The van der Waals surface area contributed by atoms with E-state index in [1.54, 1.807) is 35.1 Å². The summed E-state index contributed by atoms with van der Waals surface area (Å²) in [6, 6.07) is 7.29. The monoisotopic (exact) mass is 243 g/mol. The Bertz CT molecular complexity index is 584. The number of carbonyl (C=O) groups excluding carboxylic acids is 1. The van der Waals surface area contributed by atoms with Crippen LogP contribution in [-0.4, -0.2) is 15.6 Å². The minimum absolute atomic E-state index is 0.0361. The average molecular weight is 243 g/mol. The second-order valence-electron chi connectivity index (χ2n) is 4.60. The Morgan fingerprint density at radius 3 is 2.72 bits per heavy atom. The highest BCUT2D eigenvalue weighted by molar-refractivity contribution is 6.09. The van der Waals surface area contributed by atoms with Gasteiger partial charge in [-0.1, -0.05) is 12.1 Å². The highest BCUT2D eigenvalue weighted by Crippen LogP contribution is 2.20. The molecule has 2 rings (SSSR count). The van der Waals surface area contributed by atoms with Gasteiger partial charge in [0.1, 0.15) is 5.69 Å². The summed E-state index contributed by atoms with van der Waals surface area (Å²) in [5.41, 5.74) is 8.52. The molecule has 0 aliphatic heterocycles. The zero-order valence-corrected chi connectivity index (χ0v) is 10.8. The fourth-order valence-electron chi connectivity index (χ4n) is 1.94. The lowest BCUT2D eigenvalue weighted by Gasteiger charge is -2.12. The number of anilines is 1. The van der Waals surface area contributed by atoms with Crippen molar-refractivity contribution in [1.82, 2.24) is 9.78 Å². The number of benzene rings is 1. The van der Waals surface area contributed by atoms with E-state index in [0.29, 0.717) is 16.9 Å². The number of nitrogens with zero attached hydrogens (tertiary/aromatic N) is 2. The van der Waals surface area contributed by atoms with Crippen LogP contribution in [0.2, 0.25) is 0 Å². The summed E-state index contributed by atoms with van der Waals surface area (Å²) in [4.78, 5) is 12.5. The number of aromatic nitrogens is 2. The SMILES string of the molecule is Cc1c(N)cccc1C(=O)c1ccnn1C(C)C. The molecule has 0 saturated carbocycles. The van der Waals surface area contributed by atoms with E-state index in [-0.39, 0.29) is 11.8 Å². The molecule has 0 amide bonds. The van der Waals surface area contributed by atoms with Crippen molar-refractivity contribution < 1.29 is 4.79 Å². The second kappa shape index (κ2) is 4.64. The van der Waals surface area contributed by atoms with Gasteiger partial charge in [0, 0.05) is 23.5 Å². The Balaban J connectivity index is 2.49. The fourth-order valence-corrected chi connectivity index (χ4v) is 1.94. The number of hydrogen-bond donors (Lipinski definition) is 1. The van der Waals surface area contributed by atoms with Gasteiger partial charge < -0.3 is 5.73 Å². The van der Waals surface area contributed by atoms with Crippen molar-refractivity contribution in [2.45, 2.75) is 26.8 Å². The van der Waals surface area contributed by atoms with Crippen molar-refractivity contribution >= 4 is 11.5 Å². The van der Waals surface area contributed by atoms with Gasteiger partial charge in [-0.2, -0.15) is 5.10 Å². The maximum atomic E-state index is 12.5. The lowest BCUT2D eigenvalue weighted by molar-refractivity contribution is 0.102. The molecule has 0 bridgehead atoms. The van der Waals surface area contributed by atoms with E-state index < -0.39 is 0 Å². The van der Waals surface area contributed by atoms with Gasteiger partial charge in [0.25, 0.3) is 0 Å². The maximum Gasteiger partial charge on any atom is 0.211 e. The molecule has 4 heteroatoms. The van der Waals surface area contributed by atoms with Crippen LogP contribution < -0.4 is 5.73 Å². The molecule has 0 spiro atoms. The molecule has 0 aliphatic carbocycles. The first-order chi connectivity index (χ1) is 8.52. The Hall–Kier alpha value is -2.10. The second-order valence-corrected chi connectivity index (χ2v) is 4.60. The molecule has 1 heterocycles. The summed E-state index contributed by atoms with van der Waals surface area (Å²) in [6.07, 6.45) is 1.65. The normalized spacial score (nSPS) is 10.9. The van der Waals surface area contributed by atoms with Gasteiger partial charge in [-0.05, 0) is 38.5 Å². The van der Waals surface area contributed by atoms with Gasteiger partial charge in [-0.3, -0.25) is 9.48 Å². The van der Waals surface area contributed by atoms with E-state index in [2.05, 4.69) is 5.10 Å². The first-order valence-electron chi connectivity index (χ1n) is 5.95. The first-order valence-corrected chi connectivity index (χ1v) is 5.95. The predicted octanol–water partition coefficient (Wildman–Crippen LogP) is 2.59. The van der Waals surface area contributed by atoms with Crippen molar-refractivity contribution in [2.24, 2.45) is 0 Å². The highest BCUT2D eigenvalue weighted by atomic mass is 16.1. The molecular weight excluding hydrogens is 226 g/mol. The van der Waals surface area contributed by atoms with Crippen LogP contribution in [0.25, 0.3) is 0 Å². The van der Waals surface area contributed by atoms with Gasteiger partial charge in [-0.15, -0.1) is 0 Å². The summed E-state index contributed by atoms with van der Waals surface area (Å²) in [5.74, 6) is -0.0361. The van der Waals surface area contributed by atoms with Crippen molar-refractivity contribution in [2.75, 3.05) is 5.73 Å². The molecule has 0 radical (unpaired) electrons. The standard InChI is InChI=1S/C14H17N3O/c1-9(2)17-13(7-8-16-17)14(18)11-5-4-6-12(15)10(11)3/h4-9H,15H2,1-3H3. The zero-order chi connectivity index (χ0) is 13.3. The van der Waals surface area contributed by atoms with Gasteiger partial charge >= 0.3 is 0 Å². The Morgan fingerprint density at radius 1 is 1.33 bits per heavy atom. The Kier molecular flexibility index (Phi) is 3.19. The molecule has 0 atom stereocenters. The van der Waals surface area contributed by atoms with Gasteiger partial charge in [0.15, 0.2) is 0 Å². The Labute approximate surface area is 106 Å². The van der Waals surface area contributed by atoms with Gasteiger partial charge in [-0.25, -0.2) is 0 Å². The van der Waals surface area contributed by atoms with E-state index in [9.17, 15) is 4.79 Å². The van der Waals surface area contributed by atoms with Crippen LogP contribution in [-0.2, 0) is 0 Å². The fraction of sp³-hybridized carbons (Fsp3) is 0.286. The lowest BCUT2D eigenvalue weighted by Crippen LogP contribution is -2.14. The summed E-state index contributed by atoms with van der Waals surface area (Å²) in [7, 11) is 0. The van der Waals surface area contributed by atoms with Crippen molar-refractivity contribution in [1.29, 1.82) is 0 Å². The third kappa shape index (κ3) is 2.01. The highest BCUT2D eigenvalue weighted by Gasteiger charge is 2.18. The molecule has 4 nitrogen and oxygen atoms in total. The summed E-state index contributed by atoms with van der Waals surface area (Å²) in [6.45, 7) is 5.85. The predicted molar refractivity (Wildman–Crippen MR) is 71.6 cm³/mol. The van der Waals surface area contributed by atoms with Crippen molar-refractivity contribution in [3.05, 3.63) is 47.3 Å². The summed E-state index contributed by atoms with van der Waals surface area (Å²) >= 11 is 0. The summed E-state index contributed by atoms with van der Waals surface area (Å²) in [5, 5.41) is 4.18. The number of rotatable bonds is 3. The zero-order valence-electron chi connectivity index (χ0n) is 10.8. The number of ketones is 1. The first kappa shape index (κ1) is 12.4. The number of carbonyl (C=O) groups is 1. The summed E-state index contributed by atoms with van der Waals surface area (Å²) < 4.78 is 1.73. The van der Waals surface area contributed by atoms with E-state index >= 15 is 0 Å². The van der Waals surface area contributed by atoms with Crippen LogP contribution >= 0.6 is 0 Å². The minimum Gasteiger partial charge on any atom is -0.398 e. The molecule has 1 aromatic carbocycles. The molecule has 2 aromatic rings. The number of nitrogens with two attached hydrogens (primary N) is 1. The van der Waals surface area contributed by atoms with E-state index in [4.69, 9.17) is 5.73 Å². The van der Waals surface area contributed by atoms with Crippen LogP contribution in [0.15, 0.2) is 30.5 Å². The Morgan fingerprint density at radius 2 is 2.06 bits per heavy atom. The molecule has 2 N–H and O–H groups in total. The van der Waals surface area contributed by atoms with Gasteiger partial charge in [0.05, 0.1) is 0 Å². The molecule has 1 aromatic heterocycles. The van der Waals surface area contributed by atoms with Crippen molar-refractivity contribution in [3.8, 4) is 0 Å². The van der Waals surface area contributed by atoms with E-state index in [1.807, 2.05) is 20.8 Å². The molecule has 0 saturated heterocycles.